The number of carbonyl (C=O) groups is 1. The summed E-state index contributed by atoms with van der Waals surface area (Å²) in [6.45, 7) is 0.379. The summed E-state index contributed by atoms with van der Waals surface area (Å²) >= 11 is 1.28. The maximum absolute atomic E-state index is 12.5. The van der Waals surface area contributed by atoms with Crippen LogP contribution in [0.4, 0.5) is 0 Å². The van der Waals surface area contributed by atoms with Gasteiger partial charge in [-0.1, -0.05) is 72.4 Å². The Morgan fingerprint density at radius 2 is 1.66 bits per heavy atom. The second kappa shape index (κ2) is 9.11. The van der Waals surface area contributed by atoms with E-state index in [1.165, 1.54) is 11.8 Å². The molecule has 32 heavy (non-hydrogen) atoms. The Hall–Kier alpha value is -3.84. The van der Waals surface area contributed by atoms with E-state index in [9.17, 15) is 4.79 Å². The zero-order valence-electron chi connectivity index (χ0n) is 17.1. The maximum Gasteiger partial charge on any atom is 0.257 e. The minimum Gasteiger partial charge on any atom is -0.431 e. The Morgan fingerprint density at radius 3 is 2.44 bits per heavy atom. The largest absolute Gasteiger partial charge is 0.431 e. The fourth-order valence-electron chi connectivity index (χ4n) is 3.38. The van der Waals surface area contributed by atoms with Crippen LogP contribution >= 0.6 is 11.8 Å². The standard InChI is InChI=1S/C25H20N4O2S/c30-23(17-32-25-27-21-13-7-8-14-22(21)31-25)26-15-19-16-29(20-11-5-2-6-12-20)28-24(19)18-9-3-1-4-10-18/h1-14,16H,15,17H2,(H,26,30). The highest BCUT2D eigenvalue weighted by Gasteiger charge is 2.14. The molecule has 0 radical (unpaired) electrons. The average Bonchev–Trinajstić information content (AvgIpc) is 3.47. The smallest absolute Gasteiger partial charge is 0.257 e. The first kappa shape index (κ1) is 20.1. The number of para-hydroxylation sites is 3. The van der Waals surface area contributed by atoms with Crippen LogP contribution in [0, 0.1) is 0 Å². The van der Waals surface area contributed by atoms with Crippen molar-refractivity contribution in [3.63, 3.8) is 0 Å². The average molecular weight is 441 g/mol. The lowest BCUT2D eigenvalue weighted by Crippen LogP contribution is -2.24. The van der Waals surface area contributed by atoms with Gasteiger partial charge in [-0.3, -0.25) is 4.79 Å². The third-order valence-electron chi connectivity index (χ3n) is 4.93. The monoisotopic (exact) mass is 440 g/mol. The molecule has 0 aliphatic heterocycles. The van der Waals surface area contributed by atoms with E-state index < -0.39 is 0 Å². The molecule has 0 saturated carbocycles. The van der Waals surface area contributed by atoms with Crippen molar-refractivity contribution in [2.75, 3.05) is 5.75 Å². The molecular formula is C25H20N4O2S. The van der Waals surface area contributed by atoms with Gasteiger partial charge >= 0.3 is 0 Å². The molecule has 0 aliphatic carbocycles. The van der Waals surface area contributed by atoms with E-state index in [1.807, 2.05) is 95.8 Å². The zero-order valence-corrected chi connectivity index (χ0v) is 18.0. The summed E-state index contributed by atoms with van der Waals surface area (Å²) in [5.41, 5.74) is 5.27. The van der Waals surface area contributed by atoms with Crippen LogP contribution in [0.3, 0.4) is 0 Å². The van der Waals surface area contributed by atoms with Crippen molar-refractivity contribution in [3.05, 3.63) is 96.7 Å². The first-order valence-electron chi connectivity index (χ1n) is 10.2. The van der Waals surface area contributed by atoms with Crippen molar-refractivity contribution < 1.29 is 9.21 Å². The first-order chi connectivity index (χ1) is 15.8. The number of fused-ring (bicyclic) bond motifs is 1. The van der Waals surface area contributed by atoms with Gasteiger partial charge in [0, 0.05) is 23.9 Å². The topological polar surface area (TPSA) is 73.0 Å². The van der Waals surface area contributed by atoms with Crippen LogP contribution < -0.4 is 5.32 Å². The Bertz CT molecular complexity index is 1310. The molecule has 6 nitrogen and oxygen atoms in total. The van der Waals surface area contributed by atoms with Gasteiger partial charge in [-0.2, -0.15) is 5.10 Å². The van der Waals surface area contributed by atoms with Crippen molar-refractivity contribution in [2.24, 2.45) is 0 Å². The van der Waals surface area contributed by atoms with Crippen LogP contribution in [-0.2, 0) is 11.3 Å². The molecule has 0 fully saturated rings. The highest BCUT2D eigenvalue weighted by molar-refractivity contribution is 7.99. The number of rotatable bonds is 7. The molecule has 3 aromatic carbocycles. The van der Waals surface area contributed by atoms with E-state index in [4.69, 9.17) is 9.52 Å². The van der Waals surface area contributed by atoms with E-state index in [0.29, 0.717) is 11.8 Å². The van der Waals surface area contributed by atoms with Gasteiger partial charge in [-0.05, 0) is 24.3 Å². The number of hydrogen-bond donors (Lipinski definition) is 1. The summed E-state index contributed by atoms with van der Waals surface area (Å²) < 4.78 is 7.51. The molecule has 2 aromatic heterocycles. The van der Waals surface area contributed by atoms with Crippen molar-refractivity contribution in [3.8, 4) is 16.9 Å². The van der Waals surface area contributed by atoms with Crippen LogP contribution in [0.25, 0.3) is 28.0 Å². The van der Waals surface area contributed by atoms with Crippen LogP contribution in [0.2, 0.25) is 0 Å². The van der Waals surface area contributed by atoms with Crippen molar-refractivity contribution in [2.45, 2.75) is 11.8 Å². The molecular weight excluding hydrogens is 420 g/mol. The summed E-state index contributed by atoms with van der Waals surface area (Å²) in [5.74, 6) is 0.129. The molecule has 0 saturated heterocycles. The SMILES string of the molecule is O=C(CSc1nc2ccccc2o1)NCc1cn(-c2ccccc2)nc1-c1ccccc1. The van der Waals surface area contributed by atoms with Gasteiger partial charge in [-0.15, -0.1) is 0 Å². The predicted octanol–water partition coefficient (Wildman–Crippen LogP) is 5.09. The lowest BCUT2D eigenvalue weighted by molar-refractivity contribution is -0.118. The predicted molar refractivity (Wildman–Crippen MR) is 126 cm³/mol. The van der Waals surface area contributed by atoms with Gasteiger partial charge in [-0.25, -0.2) is 9.67 Å². The molecule has 0 aliphatic rings. The Balaban J connectivity index is 1.29. The second-order valence-electron chi connectivity index (χ2n) is 7.16. The molecule has 0 spiro atoms. The van der Waals surface area contributed by atoms with E-state index in [-0.39, 0.29) is 11.7 Å². The van der Waals surface area contributed by atoms with E-state index in [1.54, 1.807) is 0 Å². The van der Waals surface area contributed by atoms with Crippen molar-refractivity contribution >= 4 is 28.8 Å². The quantitative estimate of drug-likeness (QED) is 0.357. The molecule has 7 heteroatoms. The van der Waals surface area contributed by atoms with E-state index in [0.717, 1.165) is 33.6 Å². The summed E-state index contributed by atoms with van der Waals surface area (Å²) in [6.07, 6.45) is 1.96. The minimum atomic E-state index is -0.0938. The number of carbonyl (C=O) groups excluding carboxylic acids is 1. The van der Waals surface area contributed by atoms with Gasteiger partial charge in [0.1, 0.15) is 5.52 Å². The summed E-state index contributed by atoms with van der Waals surface area (Å²) in [5, 5.41) is 8.27. The van der Waals surface area contributed by atoms with Crippen LogP contribution in [0.1, 0.15) is 5.56 Å². The van der Waals surface area contributed by atoms with Crippen molar-refractivity contribution in [1.29, 1.82) is 0 Å². The third kappa shape index (κ3) is 4.43. The number of aromatic nitrogens is 3. The summed E-state index contributed by atoms with van der Waals surface area (Å²) in [6, 6.07) is 27.5. The van der Waals surface area contributed by atoms with Gasteiger partial charge in [0.25, 0.3) is 5.22 Å². The van der Waals surface area contributed by atoms with Gasteiger partial charge in [0.05, 0.1) is 17.1 Å². The first-order valence-corrected chi connectivity index (χ1v) is 11.2. The van der Waals surface area contributed by atoms with Crippen LogP contribution in [0.5, 0.6) is 0 Å². The highest BCUT2D eigenvalue weighted by atomic mass is 32.2. The minimum absolute atomic E-state index is 0.0938. The molecule has 0 unspecified atom stereocenters. The molecule has 0 atom stereocenters. The number of nitrogens with zero attached hydrogens (tertiary/aromatic N) is 3. The number of nitrogens with one attached hydrogen (secondary N) is 1. The summed E-state index contributed by atoms with van der Waals surface area (Å²) in [7, 11) is 0. The number of thioether (sulfide) groups is 1. The van der Waals surface area contributed by atoms with E-state index >= 15 is 0 Å². The number of oxazole rings is 1. The molecule has 1 amide bonds. The molecule has 158 valence electrons. The van der Waals surface area contributed by atoms with Gasteiger partial charge in [0.2, 0.25) is 5.91 Å². The third-order valence-corrected chi connectivity index (χ3v) is 5.76. The second-order valence-corrected chi connectivity index (χ2v) is 8.09. The lowest BCUT2D eigenvalue weighted by Gasteiger charge is -2.05. The normalized spacial score (nSPS) is 11.0. The Morgan fingerprint density at radius 1 is 0.938 bits per heavy atom. The molecule has 2 heterocycles. The van der Waals surface area contributed by atoms with Crippen molar-refractivity contribution in [1.82, 2.24) is 20.1 Å². The van der Waals surface area contributed by atoms with E-state index in [2.05, 4.69) is 10.3 Å². The lowest BCUT2D eigenvalue weighted by atomic mass is 10.1. The number of hydrogen-bond acceptors (Lipinski definition) is 5. The van der Waals surface area contributed by atoms with Crippen LogP contribution in [-0.4, -0.2) is 26.4 Å². The van der Waals surface area contributed by atoms with Gasteiger partial charge in [0.15, 0.2) is 5.58 Å². The maximum atomic E-state index is 12.5. The molecule has 1 N–H and O–H groups in total. The fraction of sp³-hybridized carbons (Fsp3) is 0.0800. The fourth-order valence-corrected chi connectivity index (χ4v) is 4.04. The van der Waals surface area contributed by atoms with Crippen LogP contribution in [0.15, 0.2) is 101 Å². The Kier molecular flexibility index (Phi) is 5.72. The molecule has 0 bridgehead atoms. The highest BCUT2D eigenvalue weighted by Crippen LogP contribution is 2.25. The molecule has 5 rings (SSSR count). The van der Waals surface area contributed by atoms with Gasteiger partial charge < -0.3 is 9.73 Å². The number of amides is 1. The zero-order chi connectivity index (χ0) is 21.8. The number of benzene rings is 3. The molecule has 5 aromatic rings. The summed E-state index contributed by atoms with van der Waals surface area (Å²) in [4.78, 5) is 16.9. The Labute approximate surface area is 189 Å².